The molecule has 2 heterocycles. The molecular weight excluding hydrogens is 292 g/mol. The average molecular weight is 307 g/mol. The average Bonchev–Trinajstić information content (AvgIpc) is 2.93. The number of benzene rings is 1. The van der Waals surface area contributed by atoms with Gasteiger partial charge in [-0.1, -0.05) is 35.9 Å². The lowest BCUT2D eigenvalue weighted by molar-refractivity contribution is 0.0265. The van der Waals surface area contributed by atoms with Crippen molar-refractivity contribution < 1.29 is 14.6 Å². The second-order valence-electron chi connectivity index (χ2n) is 5.22. The van der Waals surface area contributed by atoms with Gasteiger partial charge in [0.15, 0.2) is 0 Å². The molecule has 1 saturated heterocycles. The number of fused-ring (bicyclic) bond motifs is 1. The van der Waals surface area contributed by atoms with Crippen molar-refractivity contribution in [2.75, 3.05) is 19.8 Å². The van der Waals surface area contributed by atoms with E-state index in [1.807, 2.05) is 24.3 Å². The Hall–Kier alpha value is -1.69. The third kappa shape index (κ3) is 2.85. The van der Waals surface area contributed by atoms with E-state index in [1.165, 1.54) is 6.20 Å². The van der Waals surface area contributed by atoms with Gasteiger partial charge in [-0.15, -0.1) is 0 Å². The van der Waals surface area contributed by atoms with Crippen LogP contribution in [0.15, 0.2) is 30.5 Å². The standard InChI is InChI=1S/C15H15ClN2O3/c16-13-11-4-2-1-3-10(11)12(7-17-13)14(19)18-8-15(20)5-6-21-9-15/h1-4,7,20H,5-6,8-9H2,(H,18,19). The van der Waals surface area contributed by atoms with Crippen molar-refractivity contribution in [1.29, 1.82) is 0 Å². The van der Waals surface area contributed by atoms with Crippen molar-refractivity contribution in [3.8, 4) is 0 Å². The second kappa shape index (κ2) is 5.60. The minimum atomic E-state index is -0.981. The lowest BCUT2D eigenvalue weighted by Gasteiger charge is -2.20. The highest BCUT2D eigenvalue weighted by Crippen LogP contribution is 2.24. The number of nitrogens with zero attached hydrogens (tertiary/aromatic N) is 1. The monoisotopic (exact) mass is 306 g/mol. The summed E-state index contributed by atoms with van der Waals surface area (Å²) in [7, 11) is 0. The van der Waals surface area contributed by atoms with Crippen molar-refractivity contribution in [1.82, 2.24) is 10.3 Å². The van der Waals surface area contributed by atoms with Crippen molar-refractivity contribution in [2.24, 2.45) is 0 Å². The van der Waals surface area contributed by atoms with Gasteiger partial charge in [0, 0.05) is 31.2 Å². The highest BCUT2D eigenvalue weighted by atomic mass is 35.5. The van der Waals surface area contributed by atoms with Crippen molar-refractivity contribution in [3.63, 3.8) is 0 Å². The first-order valence-corrected chi connectivity index (χ1v) is 7.08. The van der Waals surface area contributed by atoms with E-state index in [4.69, 9.17) is 16.3 Å². The van der Waals surface area contributed by atoms with Gasteiger partial charge in [0.25, 0.3) is 5.91 Å². The third-order valence-electron chi connectivity index (χ3n) is 3.65. The molecule has 3 rings (SSSR count). The number of pyridine rings is 1. The molecule has 0 spiro atoms. The predicted octanol–water partition coefficient (Wildman–Crippen LogP) is 1.77. The van der Waals surface area contributed by atoms with Gasteiger partial charge in [-0.3, -0.25) is 4.79 Å². The van der Waals surface area contributed by atoms with E-state index in [0.717, 1.165) is 10.8 Å². The van der Waals surface area contributed by atoms with Crippen LogP contribution >= 0.6 is 11.6 Å². The molecule has 2 aromatic rings. The van der Waals surface area contributed by atoms with E-state index in [0.29, 0.717) is 23.7 Å². The first-order valence-electron chi connectivity index (χ1n) is 6.71. The van der Waals surface area contributed by atoms with E-state index in [9.17, 15) is 9.90 Å². The zero-order chi connectivity index (χ0) is 14.9. The Labute approximate surface area is 126 Å². The molecule has 1 aliphatic heterocycles. The molecule has 1 aliphatic rings. The first kappa shape index (κ1) is 14.3. The maximum atomic E-state index is 12.3. The van der Waals surface area contributed by atoms with Gasteiger partial charge in [-0.2, -0.15) is 0 Å². The number of hydrogen-bond acceptors (Lipinski definition) is 4. The Balaban J connectivity index is 1.83. The number of carbonyl (C=O) groups is 1. The van der Waals surface area contributed by atoms with Gasteiger partial charge in [0.2, 0.25) is 0 Å². The molecule has 21 heavy (non-hydrogen) atoms. The molecule has 6 heteroatoms. The van der Waals surface area contributed by atoms with Gasteiger partial charge in [-0.25, -0.2) is 4.98 Å². The minimum Gasteiger partial charge on any atom is -0.386 e. The summed E-state index contributed by atoms with van der Waals surface area (Å²) in [6, 6.07) is 7.33. The molecule has 1 aromatic carbocycles. The number of ether oxygens (including phenoxy) is 1. The summed E-state index contributed by atoms with van der Waals surface area (Å²) in [4.78, 5) is 16.4. The van der Waals surface area contributed by atoms with E-state index in [-0.39, 0.29) is 19.1 Å². The summed E-state index contributed by atoms with van der Waals surface area (Å²) in [6.45, 7) is 0.910. The van der Waals surface area contributed by atoms with Gasteiger partial charge < -0.3 is 15.2 Å². The number of rotatable bonds is 3. The Morgan fingerprint density at radius 3 is 2.90 bits per heavy atom. The Bertz CT molecular complexity index is 684. The summed E-state index contributed by atoms with van der Waals surface area (Å²) in [5.41, 5.74) is -0.539. The van der Waals surface area contributed by atoms with E-state index < -0.39 is 5.60 Å². The van der Waals surface area contributed by atoms with Crippen LogP contribution in [0.5, 0.6) is 0 Å². The number of hydrogen-bond donors (Lipinski definition) is 2. The topological polar surface area (TPSA) is 71.5 Å². The summed E-state index contributed by atoms with van der Waals surface area (Å²) in [5, 5.41) is 14.7. The van der Waals surface area contributed by atoms with E-state index in [2.05, 4.69) is 10.3 Å². The highest BCUT2D eigenvalue weighted by Gasteiger charge is 2.32. The fourth-order valence-corrected chi connectivity index (χ4v) is 2.63. The summed E-state index contributed by atoms with van der Waals surface area (Å²) in [5.74, 6) is -0.282. The Morgan fingerprint density at radius 1 is 1.43 bits per heavy atom. The highest BCUT2D eigenvalue weighted by molar-refractivity contribution is 6.34. The quantitative estimate of drug-likeness (QED) is 0.848. The van der Waals surface area contributed by atoms with Crippen LogP contribution in [0, 0.1) is 0 Å². The second-order valence-corrected chi connectivity index (χ2v) is 5.58. The number of nitrogens with one attached hydrogen (secondary N) is 1. The summed E-state index contributed by atoms with van der Waals surface area (Å²) < 4.78 is 5.15. The number of aliphatic hydroxyl groups is 1. The molecule has 110 valence electrons. The smallest absolute Gasteiger partial charge is 0.253 e. The molecule has 1 atom stereocenters. The zero-order valence-corrected chi connectivity index (χ0v) is 12.1. The van der Waals surface area contributed by atoms with Crippen molar-refractivity contribution in [3.05, 3.63) is 41.2 Å². The molecule has 1 aromatic heterocycles. The molecule has 1 fully saturated rings. The number of carbonyl (C=O) groups excluding carboxylic acids is 1. The van der Waals surface area contributed by atoms with Crippen LogP contribution < -0.4 is 5.32 Å². The summed E-state index contributed by atoms with van der Waals surface area (Å²) >= 11 is 6.04. The molecule has 1 unspecified atom stereocenters. The summed E-state index contributed by atoms with van der Waals surface area (Å²) in [6.07, 6.45) is 1.97. The first-order chi connectivity index (χ1) is 10.1. The Kier molecular flexibility index (Phi) is 3.80. The largest absolute Gasteiger partial charge is 0.386 e. The molecule has 0 saturated carbocycles. The van der Waals surface area contributed by atoms with E-state index >= 15 is 0 Å². The molecule has 0 aliphatic carbocycles. The van der Waals surface area contributed by atoms with Crippen LogP contribution in [0.4, 0.5) is 0 Å². The maximum absolute atomic E-state index is 12.3. The van der Waals surface area contributed by atoms with Gasteiger partial charge in [-0.05, 0) is 5.39 Å². The molecular formula is C15H15ClN2O3. The van der Waals surface area contributed by atoms with E-state index in [1.54, 1.807) is 0 Å². The molecule has 0 radical (unpaired) electrons. The molecule has 0 bridgehead atoms. The van der Waals surface area contributed by atoms with Crippen LogP contribution in [0.2, 0.25) is 5.15 Å². The predicted molar refractivity (Wildman–Crippen MR) is 79.5 cm³/mol. The van der Waals surface area contributed by atoms with Crippen LogP contribution in [0.25, 0.3) is 10.8 Å². The maximum Gasteiger partial charge on any atom is 0.253 e. The minimum absolute atomic E-state index is 0.156. The van der Waals surface area contributed by atoms with Crippen LogP contribution in [-0.2, 0) is 4.74 Å². The molecule has 5 nitrogen and oxygen atoms in total. The van der Waals surface area contributed by atoms with Crippen LogP contribution in [0.1, 0.15) is 16.8 Å². The van der Waals surface area contributed by atoms with Crippen molar-refractivity contribution in [2.45, 2.75) is 12.0 Å². The Morgan fingerprint density at radius 2 is 2.19 bits per heavy atom. The third-order valence-corrected chi connectivity index (χ3v) is 3.95. The van der Waals surface area contributed by atoms with Crippen LogP contribution in [-0.4, -0.2) is 41.4 Å². The van der Waals surface area contributed by atoms with Crippen molar-refractivity contribution >= 4 is 28.3 Å². The van der Waals surface area contributed by atoms with Crippen LogP contribution in [0.3, 0.4) is 0 Å². The molecule has 2 N–H and O–H groups in total. The zero-order valence-electron chi connectivity index (χ0n) is 11.3. The fraction of sp³-hybridized carbons (Fsp3) is 0.333. The SMILES string of the molecule is O=C(NCC1(O)CCOC1)c1cnc(Cl)c2ccccc12. The fourth-order valence-electron chi connectivity index (χ4n) is 2.42. The lowest BCUT2D eigenvalue weighted by atomic mass is 10.0. The van der Waals surface area contributed by atoms with Gasteiger partial charge in [0.1, 0.15) is 10.8 Å². The molecule has 1 amide bonds. The number of amides is 1. The van der Waals surface area contributed by atoms with Gasteiger partial charge in [0.05, 0.1) is 12.2 Å². The lowest BCUT2D eigenvalue weighted by Crippen LogP contribution is -2.43. The number of aromatic nitrogens is 1. The number of halogens is 1. The van der Waals surface area contributed by atoms with Gasteiger partial charge >= 0.3 is 0 Å². The normalized spacial score (nSPS) is 21.6.